The van der Waals surface area contributed by atoms with Crippen LogP contribution in [0.15, 0.2) is 42.1 Å². The van der Waals surface area contributed by atoms with Crippen LogP contribution in [-0.4, -0.2) is 64.7 Å². The third-order valence-electron chi connectivity index (χ3n) is 4.06. The van der Waals surface area contributed by atoms with Crippen molar-refractivity contribution in [2.45, 2.75) is 11.7 Å². The second kappa shape index (κ2) is 8.86. The zero-order valence-corrected chi connectivity index (χ0v) is 15.6. The van der Waals surface area contributed by atoms with Crippen molar-refractivity contribution >= 4 is 17.7 Å². The molecular weight excluding hydrogens is 352 g/mol. The maximum absolute atomic E-state index is 12.4. The van der Waals surface area contributed by atoms with E-state index in [2.05, 4.69) is 16.8 Å². The second-order valence-electron chi connectivity index (χ2n) is 5.69. The van der Waals surface area contributed by atoms with Crippen LogP contribution in [0, 0.1) is 0 Å². The quantitative estimate of drug-likeness (QED) is 0.546. The van der Waals surface area contributed by atoms with Gasteiger partial charge in [0.1, 0.15) is 5.75 Å². The lowest BCUT2D eigenvalue weighted by Crippen LogP contribution is -2.41. The minimum Gasteiger partial charge on any atom is -0.496 e. The van der Waals surface area contributed by atoms with Crippen LogP contribution in [0.25, 0.3) is 11.4 Å². The fourth-order valence-corrected chi connectivity index (χ4v) is 3.60. The van der Waals surface area contributed by atoms with E-state index in [1.807, 2.05) is 33.7 Å². The maximum atomic E-state index is 12.4. The van der Waals surface area contributed by atoms with Gasteiger partial charge in [-0.3, -0.25) is 9.36 Å². The number of hydrogen-bond donors (Lipinski definition) is 0. The molecule has 0 unspecified atom stereocenters. The Morgan fingerprint density at radius 3 is 2.85 bits per heavy atom. The van der Waals surface area contributed by atoms with E-state index in [-0.39, 0.29) is 5.91 Å². The number of morpholine rings is 1. The highest BCUT2D eigenvalue weighted by Gasteiger charge is 2.20. The molecule has 1 saturated heterocycles. The number of benzene rings is 1. The third kappa shape index (κ3) is 4.08. The summed E-state index contributed by atoms with van der Waals surface area (Å²) in [4.78, 5) is 14.2. The molecule has 2 heterocycles. The van der Waals surface area contributed by atoms with E-state index in [4.69, 9.17) is 9.47 Å². The molecule has 0 N–H and O–H groups in total. The van der Waals surface area contributed by atoms with E-state index in [0.29, 0.717) is 49.6 Å². The molecule has 1 aromatic carbocycles. The van der Waals surface area contributed by atoms with E-state index in [0.717, 1.165) is 11.3 Å². The van der Waals surface area contributed by atoms with Gasteiger partial charge in [0.2, 0.25) is 5.91 Å². The van der Waals surface area contributed by atoms with Gasteiger partial charge in [0.15, 0.2) is 11.0 Å². The Balaban J connectivity index is 1.78. The number of amides is 1. The molecule has 0 atom stereocenters. The highest BCUT2D eigenvalue weighted by atomic mass is 32.2. The molecule has 7 nitrogen and oxygen atoms in total. The number of nitrogens with zero attached hydrogens (tertiary/aromatic N) is 4. The van der Waals surface area contributed by atoms with Crippen LogP contribution >= 0.6 is 11.8 Å². The molecule has 138 valence electrons. The van der Waals surface area contributed by atoms with Crippen molar-refractivity contribution in [1.82, 2.24) is 19.7 Å². The predicted octanol–water partition coefficient (Wildman–Crippen LogP) is 2.09. The van der Waals surface area contributed by atoms with Crippen molar-refractivity contribution in [3.05, 3.63) is 36.9 Å². The van der Waals surface area contributed by atoms with Crippen LogP contribution in [0.3, 0.4) is 0 Å². The molecule has 0 spiro atoms. The standard InChI is InChI=1S/C18H22N4O3S/c1-3-8-22-17(14-6-4-5-7-15(14)24-2)19-20-18(22)26-13-16(23)21-9-11-25-12-10-21/h3-7H,1,8-13H2,2H3. The number of hydrogen-bond acceptors (Lipinski definition) is 6. The van der Waals surface area contributed by atoms with Crippen LogP contribution in [0.4, 0.5) is 0 Å². The highest BCUT2D eigenvalue weighted by Crippen LogP contribution is 2.30. The van der Waals surface area contributed by atoms with E-state index >= 15 is 0 Å². The first-order valence-corrected chi connectivity index (χ1v) is 9.39. The summed E-state index contributed by atoms with van der Waals surface area (Å²) in [6.07, 6.45) is 1.79. The molecule has 3 rings (SSSR count). The summed E-state index contributed by atoms with van der Waals surface area (Å²) >= 11 is 1.39. The van der Waals surface area contributed by atoms with Gasteiger partial charge < -0.3 is 14.4 Å². The molecule has 1 aromatic heterocycles. The topological polar surface area (TPSA) is 69.5 Å². The number of para-hydroxylation sites is 1. The Morgan fingerprint density at radius 1 is 1.35 bits per heavy atom. The van der Waals surface area contributed by atoms with Crippen molar-refractivity contribution in [3.8, 4) is 17.1 Å². The van der Waals surface area contributed by atoms with Gasteiger partial charge in [-0.2, -0.15) is 0 Å². The lowest BCUT2D eigenvalue weighted by Gasteiger charge is -2.26. The van der Waals surface area contributed by atoms with Crippen molar-refractivity contribution < 1.29 is 14.3 Å². The molecule has 1 aliphatic rings. The van der Waals surface area contributed by atoms with Crippen LogP contribution in [0.5, 0.6) is 5.75 Å². The fraction of sp³-hybridized carbons (Fsp3) is 0.389. The van der Waals surface area contributed by atoms with Crippen molar-refractivity contribution in [3.63, 3.8) is 0 Å². The Bertz CT molecular complexity index is 772. The van der Waals surface area contributed by atoms with Crippen molar-refractivity contribution in [2.75, 3.05) is 39.2 Å². The van der Waals surface area contributed by atoms with Crippen LogP contribution in [0.2, 0.25) is 0 Å². The summed E-state index contributed by atoms with van der Waals surface area (Å²) in [5, 5.41) is 9.29. The molecule has 1 amide bonds. The monoisotopic (exact) mass is 374 g/mol. The molecule has 0 saturated carbocycles. The molecule has 0 radical (unpaired) electrons. The minimum absolute atomic E-state index is 0.0882. The number of rotatable bonds is 7. The van der Waals surface area contributed by atoms with Gasteiger partial charge in [0, 0.05) is 19.6 Å². The molecular formula is C18H22N4O3S. The Hall–Kier alpha value is -2.32. The number of ether oxygens (including phenoxy) is 2. The smallest absolute Gasteiger partial charge is 0.233 e. The number of thioether (sulfide) groups is 1. The zero-order chi connectivity index (χ0) is 18.4. The fourth-order valence-electron chi connectivity index (χ4n) is 2.75. The van der Waals surface area contributed by atoms with Gasteiger partial charge in [-0.25, -0.2) is 0 Å². The molecule has 1 aliphatic heterocycles. The van der Waals surface area contributed by atoms with Crippen LogP contribution in [0.1, 0.15) is 0 Å². The maximum Gasteiger partial charge on any atom is 0.233 e. The van der Waals surface area contributed by atoms with Gasteiger partial charge in [0.25, 0.3) is 0 Å². The van der Waals surface area contributed by atoms with Gasteiger partial charge in [-0.05, 0) is 12.1 Å². The van der Waals surface area contributed by atoms with Gasteiger partial charge in [0.05, 0.1) is 31.6 Å². The van der Waals surface area contributed by atoms with Gasteiger partial charge in [-0.15, -0.1) is 16.8 Å². The Morgan fingerprint density at radius 2 is 2.12 bits per heavy atom. The summed E-state index contributed by atoms with van der Waals surface area (Å²) in [6, 6.07) is 7.67. The normalized spacial score (nSPS) is 14.3. The summed E-state index contributed by atoms with van der Waals surface area (Å²) in [7, 11) is 1.63. The van der Waals surface area contributed by atoms with E-state index in [1.54, 1.807) is 13.2 Å². The Labute approximate surface area is 157 Å². The molecule has 0 bridgehead atoms. The number of aromatic nitrogens is 3. The number of carbonyl (C=O) groups is 1. The number of allylic oxidation sites excluding steroid dienone is 1. The lowest BCUT2D eigenvalue weighted by molar-refractivity contribution is -0.132. The molecule has 1 fully saturated rings. The average molecular weight is 374 g/mol. The molecule has 8 heteroatoms. The first-order chi connectivity index (χ1) is 12.7. The number of carbonyl (C=O) groups excluding carboxylic acids is 1. The summed E-state index contributed by atoms with van der Waals surface area (Å²) in [5.74, 6) is 1.83. The van der Waals surface area contributed by atoms with E-state index in [1.165, 1.54) is 11.8 Å². The van der Waals surface area contributed by atoms with Crippen LogP contribution in [-0.2, 0) is 16.1 Å². The highest BCUT2D eigenvalue weighted by molar-refractivity contribution is 7.99. The number of methoxy groups -OCH3 is 1. The zero-order valence-electron chi connectivity index (χ0n) is 14.8. The first-order valence-electron chi connectivity index (χ1n) is 8.40. The van der Waals surface area contributed by atoms with Crippen molar-refractivity contribution in [1.29, 1.82) is 0 Å². The largest absolute Gasteiger partial charge is 0.496 e. The van der Waals surface area contributed by atoms with E-state index in [9.17, 15) is 4.79 Å². The minimum atomic E-state index is 0.0882. The SMILES string of the molecule is C=CCn1c(SCC(=O)N2CCOCC2)nnc1-c1ccccc1OC. The Kier molecular flexibility index (Phi) is 6.30. The third-order valence-corrected chi connectivity index (χ3v) is 5.02. The van der Waals surface area contributed by atoms with E-state index < -0.39 is 0 Å². The summed E-state index contributed by atoms with van der Waals surface area (Å²) < 4.78 is 12.7. The lowest BCUT2D eigenvalue weighted by atomic mass is 10.2. The van der Waals surface area contributed by atoms with Crippen molar-refractivity contribution in [2.24, 2.45) is 0 Å². The average Bonchev–Trinajstić information content (AvgIpc) is 3.09. The summed E-state index contributed by atoms with van der Waals surface area (Å²) in [6.45, 7) is 6.85. The second-order valence-corrected chi connectivity index (χ2v) is 6.63. The molecule has 0 aliphatic carbocycles. The first kappa shape index (κ1) is 18.5. The molecule has 2 aromatic rings. The van der Waals surface area contributed by atoms with Gasteiger partial charge in [-0.1, -0.05) is 30.0 Å². The van der Waals surface area contributed by atoms with Gasteiger partial charge >= 0.3 is 0 Å². The molecule has 26 heavy (non-hydrogen) atoms. The predicted molar refractivity (Wildman–Crippen MR) is 100 cm³/mol. The summed E-state index contributed by atoms with van der Waals surface area (Å²) in [5.41, 5.74) is 0.857. The van der Waals surface area contributed by atoms with Crippen LogP contribution < -0.4 is 4.74 Å².